The van der Waals surface area contributed by atoms with E-state index < -0.39 is 16.1 Å². The quantitative estimate of drug-likeness (QED) is 0.693. The van der Waals surface area contributed by atoms with Crippen LogP contribution in [0.15, 0.2) is 54.6 Å². The summed E-state index contributed by atoms with van der Waals surface area (Å²) in [6, 6.07) is 12.6. The van der Waals surface area contributed by atoms with Crippen LogP contribution < -0.4 is 10.1 Å². The third kappa shape index (κ3) is 4.99. The number of hydrogen-bond acceptors (Lipinski definition) is 4. The number of sulfonamides is 1. The molecule has 0 saturated heterocycles. The van der Waals surface area contributed by atoms with Gasteiger partial charge >= 0.3 is 0 Å². The molecule has 2 N–H and O–H groups in total. The van der Waals surface area contributed by atoms with Gasteiger partial charge in [0.15, 0.2) is 0 Å². The highest BCUT2D eigenvalue weighted by Gasteiger charge is 2.33. The maximum absolute atomic E-state index is 13.8. The number of hydrogen-bond donors (Lipinski definition) is 2. The fraction of sp³-hybridized carbons (Fsp3) is 0.318. The highest BCUT2D eigenvalue weighted by molar-refractivity contribution is 7.92. The summed E-state index contributed by atoms with van der Waals surface area (Å²) in [7, 11) is -3.36. The first-order valence-electron chi connectivity index (χ1n) is 9.87. The van der Waals surface area contributed by atoms with Crippen molar-refractivity contribution < 1.29 is 17.6 Å². The van der Waals surface area contributed by atoms with E-state index in [0.717, 1.165) is 11.8 Å². The van der Waals surface area contributed by atoms with E-state index in [2.05, 4.69) is 10.1 Å². The van der Waals surface area contributed by atoms with Gasteiger partial charge in [0.2, 0.25) is 15.9 Å². The number of rotatable bonds is 7. The molecule has 160 valence electrons. The Labute approximate surface area is 176 Å². The van der Waals surface area contributed by atoms with E-state index in [4.69, 9.17) is 0 Å². The monoisotopic (exact) mass is 431 g/mol. The third-order valence-electron chi connectivity index (χ3n) is 5.11. The molecule has 1 aliphatic rings. The van der Waals surface area contributed by atoms with Gasteiger partial charge in [0.25, 0.3) is 0 Å². The predicted octanol–water partition coefficient (Wildman–Crippen LogP) is 4.06. The molecule has 2 aromatic carbocycles. The Hall–Kier alpha value is -2.87. The van der Waals surface area contributed by atoms with Crippen molar-refractivity contribution in [2.45, 2.75) is 32.7 Å². The molecule has 0 radical (unpaired) electrons. The Morgan fingerprint density at radius 2 is 1.83 bits per heavy atom. The highest BCUT2D eigenvalue weighted by atomic mass is 32.2. The zero-order chi connectivity index (χ0) is 21.9. The summed E-state index contributed by atoms with van der Waals surface area (Å²) in [5.41, 5.74) is 5.79. The van der Waals surface area contributed by atoms with Crippen LogP contribution >= 0.6 is 0 Å². The van der Waals surface area contributed by atoms with Crippen LogP contribution in [0.4, 0.5) is 10.1 Å². The summed E-state index contributed by atoms with van der Waals surface area (Å²) in [5.74, 6) is -0.543. The average molecular weight is 432 g/mol. The number of hydrazine groups is 1. The van der Waals surface area contributed by atoms with Crippen molar-refractivity contribution in [2.24, 2.45) is 5.92 Å². The molecule has 30 heavy (non-hydrogen) atoms. The van der Waals surface area contributed by atoms with Gasteiger partial charge in [-0.2, -0.15) is 0 Å². The number of nitrogens with one attached hydrogen (secondary N) is 2. The molecular weight excluding hydrogens is 405 g/mol. The minimum atomic E-state index is -3.36. The van der Waals surface area contributed by atoms with E-state index in [9.17, 15) is 17.6 Å². The second kappa shape index (κ2) is 8.87. The molecule has 1 heterocycles. The van der Waals surface area contributed by atoms with Gasteiger partial charge in [-0.1, -0.05) is 38.1 Å². The van der Waals surface area contributed by atoms with Crippen molar-refractivity contribution in [3.05, 3.63) is 71.6 Å². The van der Waals surface area contributed by atoms with Crippen molar-refractivity contribution >= 4 is 27.3 Å². The van der Waals surface area contributed by atoms with Gasteiger partial charge < -0.3 is 0 Å². The number of anilines is 1. The van der Waals surface area contributed by atoms with Gasteiger partial charge in [-0.05, 0) is 54.3 Å². The van der Waals surface area contributed by atoms with E-state index >= 15 is 0 Å². The number of nitrogens with zero attached hydrogens (tertiary/aromatic N) is 1. The molecule has 8 heteroatoms. The number of carbonyl (C=O) groups excluding carboxylic acids is 1. The second-order valence-electron chi connectivity index (χ2n) is 7.37. The molecule has 0 fully saturated rings. The highest BCUT2D eigenvalue weighted by Crippen LogP contribution is 2.33. The molecule has 0 saturated carbocycles. The molecule has 0 bridgehead atoms. The fourth-order valence-electron chi connectivity index (χ4n) is 3.52. The average Bonchev–Trinajstić information content (AvgIpc) is 3.13. The Kier molecular flexibility index (Phi) is 6.45. The zero-order valence-corrected chi connectivity index (χ0v) is 18.0. The summed E-state index contributed by atoms with van der Waals surface area (Å²) >= 11 is 0. The minimum Gasteiger partial charge on any atom is -0.295 e. The summed E-state index contributed by atoms with van der Waals surface area (Å²) in [6.07, 6.45) is 4.40. The molecular formula is C22H26FN3O3S. The molecule has 1 unspecified atom stereocenters. The van der Waals surface area contributed by atoms with E-state index in [0.29, 0.717) is 29.8 Å². The van der Waals surface area contributed by atoms with Crippen LogP contribution in [0.1, 0.15) is 43.9 Å². The molecule has 1 atom stereocenters. The Morgan fingerprint density at radius 1 is 1.17 bits per heavy atom. The van der Waals surface area contributed by atoms with Crippen LogP contribution in [0.5, 0.6) is 0 Å². The van der Waals surface area contributed by atoms with Gasteiger partial charge in [0, 0.05) is 11.6 Å². The first-order valence-corrected chi connectivity index (χ1v) is 11.8. The molecule has 0 spiro atoms. The predicted molar refractivity (Wildman–Crippen MR) is 116 cm³/mol. The molecule has 1 aliphatic heterocycles. The van der Waals surface area contributed by atoms with E-state index in [1.165, 1.54) is 12.1 Å². The standard InChI is InChI=1S/C22H26FN3O3S/c1-4-15(5-2)22(27)26-21(17-7-6-8-18(23)13-17)14-20(24-26)16-9-11-19(12-10-16)25-30(3,28)29/h6-15,21,24-25H,4-5H2,1-3H3. The van der Waals surface area contributed by atoms with Crippen LogP contribution in [-0.2, 0) is 14.8 Å². The van der Waals surface area contributed by atoms with E-state index in [1.807, 2.05) is 19.9 Å². The summed E-state index contributed by atoms with van der Waals surface area (Å²) in [5, 5.41) is 1.56. The molecule has 2 aromatic rings. The van der Waals surface area contributed by atoms with Crippen molar-refractivity contribution in [1.29, 1.82) is 0 Å². The SMILES string of the molecule is CCC(CC)C(=O)N1NC(c2ccc(NS(C)(=O)=O)cc2)=CC1c1cccc(F)c1. The molecule has 0 aromatic heterocycles. The number of carbonyl (C=O) groups is 1. The van der Waals surface area contributed by atoms with Crippen LogP contribution in [0.25, 0.3) is 5.70 Å². The number of halogens is 1. The van der Waals surface area contributed by atoms with Gasteiger partial charge in [-0.25, -0.2) is 17.8 Å². The van der Waals surface area contributed by atoms with Crippen molar-refractivity contribution in [1.82, 2.24) is 10.4 Å². The summed E-state index contributed by atoms with van der Waals surface area (Å²) in [6.45, 7) is 3.95. The zero-order valence-electron chi connectivity index (χ0n) is 17.2. The topological polar surface area (TPSA) is 78.5 Å². The lowest BCUT2D eigenvalue weighted by atomic mass is 10.00. The lowest BCUT2D eigenvalue weighted by Gasteiger charge is -2.28. The normalized spacial score (nSPS) is 16.4. The maximum Gasteiger partial charge on any atom is 0.244 e. The van der Waals surface area contributed by atoms with Crippen molar-refractivity contribution in [3.63, 3.8) is 0 Å². The second-order valence-corrected chi connectivity index (χ2v) is 9.11. The van der Waals surface area contributed by atoms with Gasteiger partial charge in [-0.3, -0.25) is 14.9 Å². The molecule has 0 aliphatic carbocycles. The number of amides is 1. The smallest absolute Gasteiger partial charge is 0.244 e. The first-order chi connectivity index (χ1) is 14.2. The van der Waals surface area contributed by atoms with Crippen LogP contribution in [0.2, 0.25) is 0 Å². The van der Waals surface area contributed by atoms with Crippen LogP contribution in [0, 0.1) is 11.7 Å². The molecule has 6 nitrogen and oxygen atoms in total. The molecule has 1 amide bonds. The fourth-order valence-corrected chi connectivity index (χ4v) is 4.09. The molecule has 3 rings (SSSR count). The van der Waals surface area contributed by atoms with Crippen molar-refractivity contribution in [2.75, 3.05) is 11.0 Å². The Morgan fingerprint density at radius 3 is 2.40 bits per heavy atom. The lowest BCUT2D eigenvalue weighted by molar-refractivity contribution is -0.139. The van der Waals surface area contributed by atoms with Gasteiger partial charge in [-0.15, -0.1) is 0 Å². The Balaban J connectivity index is 1.93. The van der Waals surface area contributed by atoms with Crippen molar-refractivity contribution in [3.8, 4) is 0 Å². The minimum absolute atomic E-state index is 0.0455. The number of benzene rings is 2. The van der Waals surface area contributed by atoms with Gasteiger partial charge in [0.05, 0.1) is 18.0 Å². The first kappa shape index (κ1) is 21.8. The summed E-state index contributed by atoms with van der Waals surface area (Å²) in [4.78, 5) is 13.1. The van der Waals surface area contributed by atoms with Crippen LogP contribution in [-0.4, -0.2) is 25.6 Å². The maximum atomic E-state index is 13.8. The largest absolute Gasteiger partial charge is 0.295 e. The van der Waals surface area contributed by atoms with Crippen LogP contribution in [0.3, 0.4) is 0 Å². The Bertz CT molecular complexity index is 1050. The lowest BCUT2D eigenvalue weighted by Crippen LogP contribution is -2.42. The van der Waals surface area contributed by atoms with E-state index in [1.54, 1.807) is 41.4 Å². The van der Waals surface area contributed by atoms with Gasteiger partial charge in [0.1, 0.15) is 5.82 Å². The van der Waals surface area contributed by atoms with E-state index in [-0.39, 0.29) is 17.6 Å². The summed E-state index contributed by atoms with van der Waals surface area (Å²) < 4.78 is 39.1. The third-order valence-corrected chi connectivity index (χ3v) is 5.71.